The van der Waals surface area contributed by atoms with Gasteiger partial charge < -0.3 is 9.30 Å². The Balaban J connectivity index is 1.90. The average molecular weight is 385 g/mol. The van der Waals surface area contributed by atoms with Crippen molar-refractivity contribution in [3.05, 3.63) is 70.1 Å². The summed E-state index contributed by atoms with van der Waals surface area (Å²) in [5, 5.41) is 0.614. The topological polar surface area (TPSA) is 40.9 Å². The molecule has 0 aliphatic heterocycles. The minimum absolute atomic E-state index is 0.106. The van der Waals surface area contributed by atoms with Crippen LogP contribution >= 0.6 is 11.6 Å². The van der Waals surface area contributed by atoms with Crippen LogP contribution in [0.1, 0.15) is 34.2 Å². The summed E-state index contributed by atoms with van der Waals surface area (Å²) >= 11 is 6.18. The number of hydrogen-bond donors (Lipinski definition) is 0. The first kappa shape index (κ1) is 19.4. The highest BCUT2D eigenvalue weighted by molar-refractivity contribution is 6.30. The molecular formula is C21H25ClN4O. The Labute approximate surface area is 165 Å². The molecule has 1 amide bonds. The van der Waals surface area contributed by atoms with Crippen LogP contribution in [0.15, 0.2) is 42.6 Å². The highest BCUT2D eigenvalue weighted by Crippen LogP contribution is 2.20. The van der Waals surface area contributed by atoms with E-state index in [1.807, 2.05) is 23.7 Å². The summed E-state index contributed by atoms with van der Waals surface area (Å²) < 4.78 is 1.91. The second-order valence-corrected chi connectivity index (χ2v) is 7.46. The van der Waals surface area contributed by atoms with E-state index in [4.69, 9.17) is 11.6 Å². The number of rotatable bonds is 6. The Morgan fingerprint density at radius 2 is 1.70 bits per heavy atom. The van der Waals surface area contributed by atoms with E-state index in [1.165, 1.54) is 11.1 Å². The van der Waals surface area contributed by atoms with Crippen molar-refractivity contribution in [3.8, 4) is 0 Å². The fourth-order valence-electron chi connectivity index (χ4n) is 3.11. The second kappa shape index (κ2) is 8.11. The standard InChI is InChI=1S/C21H25ClN4O/c1-5-15-6-8-16(9-7-15)12-25(4)14-18-20(21(27)24(2)3)23-19-11-10-17(22)13-26(18)19/h6-11,13H,5,12,14H2,1-4H3. The lowest BCUT2D eigenvalue weighted by molar-refractivity contribution is 0.0820. The van der Waals surface area contributed by atoms with Crippen molar-refractivity contribution < 1.29 is 4.79 Å². The molecule has 2 heterocycles. The zero-order valence-corrected chi connectivity index (χ0v) is 17.0. The van der Waals surface area contributed by atoms with Gasteiger partial charge in [0, 0.05) is 33.4 Å². The van der Waals surface area contributed by atoms with Crippen LogP contribution in [0.5, 0.6) is 0 Å². The van der Waals surface area contributed by atoms with Gasteiger partial charge in [0.1, 0.15) is 5.65 Å². The molecule has 2 aromatic heterocycles. The van der Waals surface area contributed by atoms with E-state index in [0.29, 0.717) is 17.3 Å². The number of nitrogens with zero attached hydrogens (tertiary/aromatic N) is 4. The Morgan fingerprint density at radius 3 is 2.33 bits per heavy atom. The molecule has 142 valence electrons. The molecule has 27 heavy (non-hydrogen) atoms. The molecule has 0 atom stereocenters. The Kier molecular flexibility index (Phi) is 5.82. The van der Waals surface area contributed by atoms with Gasteiger partial charge in [0.05, 0.1) is 10.7 Å². The third-order valence-corrected chi connectivity index (χ3v) is 4.82. The molecule has 0 bridgehead atoms. The third-order valence-electron chi connectivity index (χ3n) is 4.59. The molecule has 3 aromatic rings. The van der Waals surface area contributed by atoms with Crippen LogP contribution in [0.2, 0.25) is 5.02 Å². The minimum Gasteiger partial charge on any atom is -0.343 e. The van der Waals surface area contributed by atoms with Crippen molar-refractivity contribution in [2.75, 3.05) is 21.1 Å². The van der Waals surface area contributed by atoms with Gasteiger partial charge >= 0.3 is 0 Å². The van der Waals surface area contributed by atoms with E-state index in [1.54, 1.807) is 25.1 Å². The van der Waals surface area contributed by atoms with Gasteiger partial charge in [-0.05, 0) is 36.7 Å². The number of halogens is 1. The van der Waals surface area contributed by atoms with Crippen molar-refractivity contribution >= 4 is 23.2 Å². The number of carbonyl (C=O) groups excluding carboxylic acids is 1. The van der Waals surface area contributed by atoms with E-state index in [0.717, 1.165) is 24.3 Å². The Hall–Kier alpha value is -2.37. The summed E-state index contributed by atoms with van der Waals surface area (Å²) in [5.41, 5.74) is 4.60. The van der Waals surface area contributed by atoms with Crippen LogP contribution in [0.25, 0.3) is 5.65 Å². The number of hydrogen-bond acceptors (Lipinski definition) is 3. The second-order valence-electron chi connectivity index (χ2n) is 7.02. The Bertz CT molecular complexity index is 947. The molecule has 5 nitrogen and oxygen atoms in total. The van der Waals surface area contributed by atoms with Gasteiger partial charge in [0.15, 0.2) is 5.69 Å². The fraction of sp³-hybridized carbons (Fsp3) is 0.333. The van der Waals surface area contributed by atoms with E-state index in [2.05, 4.69) is 41.1 Å². The van der Waals surface area contributed by atoms with E-state index < -0.39 is 0 Å². The lowest BCUT2D eigenvalue weighted by Gasteiger charge is -2.18. The zero-order chi connectivity index (χ0) is 19.6. The zero-order valence-electron chi connectivity index (χ0n) is 16.2. The van der Waals surface area contributed by atoms with Gasteiger partial charge in [0.25, 0.3) is 5.91 Å². The first-order valence-electron chi connectivity index (χ1n) is 9.03. The quantitative estimate of drug-likeness (QED) is 0.647. The number of aromatic nitrogens is 2. The molecule has 3 rings (SSSR count). The van der Waals surface area contributed by atoms with Gasteiger partial charge in [-0.15, -0.1) is 0 Å². The predicted octanol–water partition coefficient (Wildman–Crippen LogP) is 3.88. The molecule has 0 saturated carbocycles. The monoisotopic (exact) mass is 384 g/mol. The van der Waals surface area contributed by atoms with E-state index in [-0.39, 0.29) is 5.91 Å². The number of imidazole rings is 1. The largest absolute Gasteiger partial charge is 0.343 e. The van der Waals surface area contributed by atoms with Gasteiger partial charge in [-0.1, -0.05) is 42.8 Å². The molecule has 0 N–H and O–H groups in total. The Morgan fingerprint density at radius 1 is 1.04 bits per heavy atom. The van der Waals surface area contributed by atoms with Crippen LogP contribution in [0, 0.1) is 0 Å². The number of aryl methyl sites for hydroxylation is 1. The minimum atomic E-state index is -0.106. The normalized spacial score (nSPS) is 11.3. The van der Waals surface area contributed by atoms with Crippen molar-refractivity contribution in [2.24, 2.45) is 0 Å². The van der Waals surface area contributed by atoms with Gasteiger partial charge in [-0.3, -0.25) is 9.69 Å². The van der Waals surface area contributed by atoms with Crippen LogP contribution < -0.4 is 0 Å². The molecule has 0 unspecified atom stereocenters. The molecule has 6 heteroatoms. The van der Waals surface area contributed by atoms with Crippen LogP contribution in [-0.2, 0) is 19.5 Å². The molecule has 0 aliphatic rings. The number of carbonyl (C=O) groups is 1. The number of benzene rings is 1. The maximum Gasteiger partial charge on any atom is 0.273 e. The average Bonchev–Trinajstić information content (AvgIpc) is 2.99. The van der Waals surface area contributed by atoms with Crippen molar-refractivity contribution in [2.45, 2.75) is 26.4 Å². The SMILES string of the molecule is CCc1ccc(CN(C)Cc2c(C(=O)N(C)C)nc3ccc(Cl)cn23)cc1. The highest BCUT2D eigenvalue weighted by atomic mass is 35.5. The molecule has 0 spiro atoms. The van der Waals surface area contributed by atoms with Gasteiger partial charge in [0.2, 0.25) is 0 Å². The molecule has 0 saturated heterocycles. The maximum atomic E-state index is 12.6. The first-order chi connectivity index (χ1) is 12.9. The fourth-order valence-corrected chi connectivity index (χ4v) is 3.27. The molecule has 0 fully saturated rings. The summed E-state index contributed by atoms with van der Waals surface area (Å²) in [6.45, 7) is 3.53. The smallest absolute Gasteiger partial charge is 0.273 e. The summed E-state index contributed by atoms with van der Waals surface area (Å²) in [4.78, 5) is 20.9. The molecule has 1 aromatic carbocycles. The summed E-state index contributed by atoms with van der Waals surface area (Å²) in [5.74, 6) is -0.106. The first-order valence-corrected chi connectivity index (χ1v) is 9.41. The molecule has 0 radical (unpaired) electrons. The van der Waals surface area contributed by atoms with Crippen molar-refractivity contribution in [1.29, 1.82) is 0 Å². The lowest BCUT2D eigenvalue weighted by Crippen LogP contribution is -2.26. The van der Waals surface area contributed by atoms with E-state index >= 15 is 0 Å². The number of fused-ring (bicyclic) bond motifs is 1. The van der Waals surface area contributed by atoms with Crippen LogP contribution in [0.3, 0.4) is 0 Å². The number of amides is 1. The third kappa shape index (κ3) is 4.31. The lowest BCUT2D eigenvalue weighted by atomic mass is 10.1. The van der Waals surface area contributed by atoms with Crippen molar-refractivity contribution in [3.63, 3.8) is 0 Å². The van der Waals surface area contributed by atoms with E-state index in [9.17, 15) is 4.79 Å². The summed E-state index contributed by atoms with van der Waals surface area (Å²) in [6.07, 6.45) is 2.85. The van der Waals surface area contributed by atoms with Gasteiger partial charge in [-0.25, -0.2) is 4.98 Å². The molecular weight excluding hydrogens is 360 g/mol. The number of pyridine rings is 1. The summed E-state index contributed by atoms with van der Waals surface area (Å²) in [7, 11) is 5.52. The predicted molar refractivity (Wildman–Crippen MR) is 109 cm³/mol. The highest BCUT2D eigenvalue weighted by Gasteiger charge is 2.21. The van der Waals surface area contributed by atoms with Crippen molar-refractivity contribution in [1.82, 2.24) is 19.2 Å². The summed E-state index contributed by atoms with van der Waals surface area (Å²) in [6, 6.07) is 12.3. The molecule has 0 aliphatic carbocycles. The van der Waals surface area contributed by atoms with Crippen LogP contribution in [-0.4, -0.2) is 46.2 Å². The van der Waals surface area contributed by atoms with Crippen LogP contribution in [0.4, 0.5) is 0 Å². The van der Waals surface area contributed by atoms with Gasteiger partial charge in [-0.2, -0.15) is 0 Å². The maximum absolute atomic E-state index is 12.6.